The van der Waals surface area contributed by atoms with E-state index >= 15 is 0 Å². The molecular weight excluding hydrogens is 440 g/mol. The van der Waals surface area contributed by atoms with Crippen LogP contribution in [0.5, 0.6) is 5.75 Å². The van der Waals surface area contributed by atoms with Gasteiger partial charge in [-0.05, 0) is 38.8 Å². The largest absolute Gasteiger partial charge is 0.496 e. The summed E-state index contributed by atoms with van der Waals surface area (Å²) in [4.78, 5) is 10.7. The molecule has 174 valence electrons. The van der Waals surface area contributed by atoms with Gasteiger partial charge in [0.1, 0.15) is 17.6 Å². The summed E-state index contributed by atoms with van der Waals surface area (Å²) in [6.07, 6.45) is 5.18. The van der Waals surface area contributed by atoms with Gasteiger partial charge in [-0.25, -0.2) is 9.97 Å². The van der Waals surface area contributed by atoms with Crippen LogP contribution in [-0.2, 0) is 0 Å². The van der Waals surface area contributed by atoms with Gasteiger partial charge in [0.05, 0.1) is 25.2 Å². The van der Waals surface area contributed by atoms with Crippen molar-refractivity contribution in [2.75, 3.05) is 30.8 Å². The first-order valence-electron chi connectivity index (χ1n) is 10.8. The Morgan fingerprint density at radius 1 is 1.15 bits per heavy atom. The third-order valence-corrected chi connectivity index (χ3v) is 5.72. The lowest BCUT2D eigenvalue weighted by molar-refractivity contribution is 0.177. The van der Waals surface area contributed by atoms with E-state index in [0.717, 1.165) is 48.6 Å². The maximum atomic E-state index is 8.83. The highest BCUT2D eigenvalue weighted by Crippen LogP contribution is 2.33. The normalized spacial score (nSPS) is 14.4. The number of aromatic amines is 1. The number of nitrogens with zero attached hydrogens (tertiary/aromatic N) is 5. The number of benzene rings is 1. The summed E-state index contributed by atoms with van der Waals surface area (Å²) in [5.41, 5.74) is 3.06. The van der Waals surface area contributed by atoms with E-state index in [-0.39, 0.29) is 18.1 Å². The number of hydrogen-bond acceptors (Lipinski definition) is 8. The molecule has 3 heterocycles. The number of hydrogen-bond donors (Lipinski definition) is 3. The average Bonchev–Trinajstić information content (AvgIpc) is 3.28. The van der Waals surface area contributed by atoms with E-state index in [0.29, 0.717) is 23.7 Å². The highest BCUT2D eigenvalue weighted by molar-refractivity contribution is 5.85. The molecule has 3 aromatic rings. The molecule has 10 heteroatoms. The number of rotatable bonds is 7. The number of piperidine rings is 1. The molecule has 0 saturated carbocycles. The third kappa shape index (κ3) is 5.92. The summed E-state index contributed by atoms with van der Waals surface area (Å²) in [6, 6.07) is 11.0. The van der Waals surface area contributed by atoms with Crippen molar-refractivity contribution in [3.05, 3.63) is 42.4 Å². The predicted octanol–water partition coefficient (Wildman–Crippen LogP) is 4.20. The third-order valence-electron chi connectivity index (χ3n) is 5.72. The molecule has 0 bridgehead atoms. The van der Waals surface area contributed by atoms with Gasteiger partial charge in [0.15, 0.2) is 11.5 Å². The van der Waals surface area contributed by atoms with E-state index in [1.165, 1.54) is 12.4 Å². The number of methoxy groups -OCH3 is 1. The predicted molar refractivity (Wildman–Crippen MR) is 131 cm³/mol. The molecule has 9 nitrogen and oxygen atoms in total. The Hall–Kier alpha value is -3.35. The molecule has 0 spiro atoms. The van der Waals surface area contributed by atoms with Gasteiger partial charge in [-0.15, -0.1) is 12.4 Å². The molecule has 1 fully saturated rings. The topological polar surface area (TPSA) is 115 Å². The van der Waals surface area contributed by atoms with Crippen LogP contribution in [0, 0.1) is 11.3 Å². The highest BCUT2D eigenvalue weighted by Gasteiger charge is 2.21. The smallest absolute Gasteiger partial charge is 0.158 e. The van der Waals surface area contributed by atoms with Crippen LogP contribution >= 0.6 is 12.4 Å². The van der Waals surface area contributed by atoms with Gasteiger partial charge < -0.3 is 20.3 Å². The molecule has 4 rings (SSSR count). The van der Waals surface area contributed by atoms with Crippen LogP contribution in [-0.4, -0.2) is 57.3 Å². The fourth-order valence-electron chi connectivity index (χ4n) is 3.90. The fourth-order valence-corrected chi connectivity index (χ4v) is 3.90. The van der Waals surface area contributed by atoms with E-state index < -0.39 is 0 Å². The van der Waals surface area contributed by atoms with Crippen molar-refractivity contribution < 1.29 is 4.74 Å². The zero-order valence-corrected chi connectivity index (χ0v) is 19.8. The van der Waals surface area contributed by atoms with Crippen LogP contribution in [0.3, 0.4) is 0 Å². The molecular formula is C23H29ClN8O. The van der Waals surface area contributed by atoms with E-state index in [2.05, 4.69) is 55.6 Å². The van der Waals surface area contributed by atoms with Crippen LogP contribution < -0.4 is 15.4 Å². The molecule has 1 aromatic carbocycles. The van der Waals surface area contributed by atoms with Gasteiger partial charge in [0, 0.05) is 48.6 Å². The zero-order valence-electron chi connectivity index (χ0n) is 19.0. The second-order valence-electron chi connectivity index (χ2n) is 8.15. The molecule has 1 aliphatic rings. The lowest BCUT2D eigenvalue weighted by Crippen LogP contribution is -2.42. The maximum absolute atomic E-state index is 8.83. The number of halogens is 1. The highest BCUT2D eigenvalue weighted by atomic mass is 35.5. The second-order valence-corrected chi connectivity index (χ2v) is 8.15. The second kappa shape index (κ2) is 11.0. The lowest BCUT2D eigenvalue weighted by Gasteiger charge is -2.35. The van der Waals surface area contributed by atoms with Crippen LogP contribution in [0.4, 0.5) is 17.3 Å². The van der Waals surface area contributed by atoms with Crippen LogP contribution in [0.25, 0.3) is 11.3 Å². The first kappa shape index (κ1) is 24.3. The SMILES string of the molecule is COc1cc(NC2CCN(C(C)C)CC2)ccc1-c1cc(Nc2cnc(C#N)cn2)n[nH]1.Cl. The summed E-state index contributed by atoms with van der Waals surface area (Å²) in [5, 5.41) is 22.9. The van der Waals surface area contributed by atoms with Crippen LogP contribution in [0.1, 0.15) is 32.4 Å². The number of anilines is 3. The average molecular weight is 469 g/mol. The first-order valence-corrected chi connectivity index (χ1v) is 10.8. The molecule has 1 aliphatic heterocycles. The van der Waals surface area contributed by atoms with E-state index in [9.17, 15) is 0 Å². The van der Waals surface area contributed by atoms with Gasteiger partial charge in [-0.3, -0.25) is 5.10 Å². The lowest BCUT2D eigenvalue weighted by atomic mass is 10.0. The Morgan fingerprint density at radius 2 is 1.94 bits per heavy atom. The Balaban J connectivity index is 0.00000306. The minimum absolute atomic E-state index is 0. The minimum Gasteiger partial charge on any atom is -0.496 e. The van der Waals surface area contributed by atoms with E-state index in [1.54, 1.807) is 7.11 Å². The van der Waals surface area contributed by atoms with Crippen molar-refractivity contribution in [2.45, 2.75) is 38.8 Å². The van der Waals surface area contributed by atoms with Gasteiger partial charge in [0.25, 0.3) is 0 Å². The van der Waals surface area contributed by atoms with Crippen LogP contribution in [0.2, 0.25) is 0 Å². The molecule has 3 N–H and O–H groups in total. The van der Waals surface area contributed by atoms with Crippen molar-refractivity contribution >= 4 is 29.7 Å². The Morgan fingerprint density at radius 3 is 2.58 bits per heavy atom. The molecule has 0 unspecified atom stereocenters. The molecule has 0 aliphatic carbocycles. The van der Waals surface area contributed by atoms with Gasteiger partial charge in [-0.1, -0.05) is 0 Å². The maximum Gasteiger partial charge on any atom is 0.158 e. The molecule has 0 atom stereocenters. The van der Waals surface area contributed by atoms with Crippen molar-refractivity contribution in [3.8, 4) is 23.1 Å². The Bertz CT molecular complexity index is 1080. The summed E-state index contributed by atoms with van der Waals surface area (Å²) in [5.74, 6) is 1.88. The molecule has 0 radical (unpaired) electrons. The van der Waals surface area contributed by atoms with Gasteiger partial charge in [-0.2, -0.15) is 10.4 Å². The Kier molecular flexibility index (Phi) is 8.09. The number of nitrogens with one attached hydrogen (secondary N) is 3. The number of H-pyrrole nitrogens is 1. The standard InChI is InChI=1S/C23H28N8O.ClH/c1-15(2)31-8-6-16(7-9-31)27-17-4-5-19(21(10-17)32-3)20-11-22(30-29-20)28-23-14-25-18(12-24)13-26-23;/h4-5,10-11,13-16,27H,6-9H2,1-3H3,(H2,26,28,29,30);1H. The van der Waals surface area contributed by atoms with Crippen molar-refractivity contribution in [3.63, 3.8) is 0 Å². The molecule has 0 amide bonds. The molecule has 33 heavy (non-hydrogen) atoms. The van der Waals surface area contributed by atoms with Gasteiger partial charge >= 0.3 is 0 Å². The number of likely N-dealkylation sites (tertiary alicyclic amines) is 1. The minimum atomic E-state index is 0. The van der Waals surface area contributed by atoms with E-state index in [4.69, 9.17) is 10.00 Å². The number of aromatic nitrogens is 4. The fraction of sp³-hybridized carbons (Fsp3) is 0.391. The van der Waals surface area contributed by atoms with Crippen molar-refractivity contribution in [1.29, 1.82) is 5.26 Å². The number of ether oxygens (including phenoxy) is 1. The monoisotopic (exact) mass is 468 g/mol. The first-order chi connectivity index (χ1) is 15.6. The van der Waals surface area contributed by atoms with Crippen molar-refractivity contribution in [2.24, 2.45) is 0 Å². The summed E-state index contributed by atoms with van der Waals surface area (Å²) < 4.78 is 5.66. The van der Waals surface area contributed by atoms with E-state index in [1.807, 2.05) is 24.3 Å². The zero-order chi connectivity index (χ0) is 22.5. The summed E-state index contributed by atoms with van der Waals surface area (Å²) in [7, 11) is 1.67. The number of nitriles is 1. The summed E-state index contributed by atoms with van der Waals surface area (Å²) in [6.45, 7) is 6.76. The van der Waals surface area contributed by atoms with Gasteiger partial charge in [0.2, 0.25) is 0 Å². The summed E-state index contributed by atoms with van der Waals surface area (Å²) >= 11 is 0. The molecule has 1 saturated heterocycles. The van der Waals surface area contributed by atoms with Crippen molar-refractivity contribution in [1.82, 2.24) is 25.1 Å². The Labute approximate surface area is 200 Å². The quantitative estimate of drug-likeness (QED) is 0.472. The van der Waals surface area contributed by atoms with Crippen LogP contribution in [0.15, 0.2) is 36.7 Å². The molecule has 2 aromatic heterocycles.